The maximum absolute atomic E-state index is 13.0. The van der Waals surface area contributed by atoms with Crippen LogP contribution < -0.4 is 5.32 Å². The molecule has 1 aromatic heterocycles. The third-order valence-corrected chi connectivity index (χ3v) is 6.79. The van der Waals surface area contributed by atoms with Crippen LogP contribution in [-0.2, 0) is 14.8 Å². The van der Waals surface area contributed by atoms with Gasteiger partial charge in [-0.05, 0) is 49.2 Å². The van der Waals surface area contributed by atoms with Crippen molar-refractivity contribution in [3.05, 3.63) is 54.1 Å². The molecule has 2 N–H and O–H groups in total. The Morgan fingerprint density at radius 2 is 2.00 bits per heavy atom. The molecule has 1 aliphatic rings. The average Bonchev–Trinajstić information content (AvgIpc) is 3.41. The second kappa shape index (κ2) is 7.72. The van der Waals surface area contributed by atoms with E-state index in [0.717, 1.165) is 5.56 Å². The largest absolute Gasteiger partial charge is 0.325 e. The molecule has 2 heterocycles. The number of carbonyl (C=O) groups is 1. The number of nitrogens with one attached hydrogen (secondary N) is 2. The first-order valence-electron chi connectivity index (χ1n) is 9.18. The van der Waals surface area contributed by atoms with E-state index in [4.69, 9.17) is 0 Å². The second-order valence-electron chi connectivity index (χ2n) is 6.89. The third-order valence-electron chi connectivity index (χ3n) is 4.87. The highest BCUT2D eigenvalue weighted by Crippen LogP contribution is 2.27. The predicted octanol–water partition coefficient (Wildman–Crippen LogP) is 1.97. The molecular weight excluding hydrogens is 392 g/mol. The summed E-state index contributed by atoms with van der Waals surface area (Å²) in [4.78, 5) is 13.1. The number of hydrogen-bond donors (Lipinski definition) is 2. The highest BCUT2D eigenvalue weighted by Gasteiger charge is 2.39. The maximum Gasteiger partial charge on any atom is 0.243 e. The van der Waals surface area contributed by atoms with E-state index < -0.39 is 16.1 Å². The number of nitrogens with zero attached hydrogens (tertiary/aromatic N) is 4. The molecule has 0 radical (unpaired) electrons. The Balaban J connectivity index is 1.54. The Labute approximate surface area is 168 Å². The Kier molecular flexibility index (Phi) is 5.12. The van der Waals surface area contributed by atoms with E-state index >= 15 is 0 Å². The molecule has 1 atom stereocenters. The van der Waals surface area contributed by atoms with Gasteiger partial charge in [-0.3, -0.25) is 4.79 Å². The molecule has 0 saturated carbocycles. The molecule has 150 valence electrons. The van der Waals surface area contributed by atoms with Crippen LogP contribution in [0.25, 0.3) is 11.4 Å². The summed E-state index contributed by atoms with van der Waals surface area (Å²) in [6.07, 6.45) is 1.10. The van der Waals surface area contributed by atoms with Crippen LogP contribution in [0.5, 0.6) is 0 Å². The van der Waals surface area contributed by atoms with Crippen LogP contribution in [0.2, 0.25) is 0 Å². The number of benzene rings is 2. The van der Waals surface area contributed by atoms with E-state index in [2.05, 4.69) is 25.9 Å². The van der Waals surface area contributed by atoms with Gasteiger partial charge in [-0.1, -0.05) is 29.8 Å². The molecule has 0 bridgehead atoms. The fraction of sp³-hybridized carbons (Fsp3) is 0.263. The number of carbonyl (C=O) groups excluding carboxylic acids is 1. The molecule has 9 nitrogen and oxygen atoms in total. The van der Waals surface area contributed by atoms with Crippen molar-refractivity contribution in [2.75, 3.05) is 11.9 Å². The number of H-pyrrole nitrogens is 1. The Morgan fingerprint density at radius 1 is 1.21 bits per heavy atom. The van der Waals surface area contributed by atoms with Crippen LogP contribution in [0.15, 0.2) is 53.4 Å². The lowest BCUT2D eigenvalue weighted by Crippen LogP contribution is -2.43. The monoisotopic (exact) mass is 412 g/mol. The van der Waals surface area contributed by atoms with Gasteiger partial charge in [0, 0.05) is 17.8 Å². The SMILES string of the molecule is Cc1ccc(S(=O)(=O)N2CCC[C@@H]2C(=O)Nc2cccc(-c3nn[nH]n3)c2)cc1. The van der Waals surface area contributed by atoms with Gasteiger partial charge >= 0.3 is 0 Å². The first kappa shape index (κ1) is 19.2. The first-order valence-corrected chi connectivity index (χ1v) is 10.6. The first-order chi connectivity index (χ1) is 13.9. The number of aryl methyl sites for hydroxylation is 1. The number of amides is 1. The minimum Gasteiger partial charge on any atom is -0.325 e. The smallest absolute Gasteiger partial charge is 0.243 e. The van der Waals surface area contributed by atoms with Crippen LogP contribution in [0.1, 0.15) is 18.4 Å². The van der Waals surface area contributed by atoms with Gasteiger partial charge in [0.15, 0.2) is 0 Å². The van der Waals surface area contributed by atoms with Gasteiger partial charge in [0.25, 0.3) is 0 Å². The van der Waals surface area contributed by atoms with Crippen molar-refractivity contribution < 1.29 is 13.2 Å². The topological polar surface area (TPSA) is 121 Å². The summed E-state index contributed by atoms with van der Waals surface area (Å²) < 4.78 is 27.4. The molecule has 0 spiro atoms. The van der Waals surface area contributed by atoms with Crippen molar-refractivity contribution in [3.63, 3.8) is 0 Å². The fourth-order valence-corrected chi connectivity index (χ4v) is 5.04. The quantitative estimate of drug-likeness (QED) is 0.661. The van der Waals surface area contributed by atoms with Gasteiger partial charge in [-0.25, -0.2) is 8.42 Å². The van der Waals surface area contributed by atoms with Crippen molar-refractivity contribution in [3.8, 4) is 11.4 Å². The van der Waals surface area contributed by atoms with Crippen LogP contribution >= 0.6 is 0 Å². The Morgan fingerprint density at radius 3 is 2.72 bits per heavy atom. The van der Waals surface area contributed by atoms with Crippen LogP contribution in [-0.4, -0.2) is 51.8 Å². The van der Waals surface area contributed by atoms with Crippen molar-refractivity contribution >= 4 is 21.6 Å². The molecular formula is C19H20N6O3S. The molecule has 1 saturated heterocycles. The molecule has 1 aliphatic heterocycles. The maximum atomic E-state index is 13.0. The van der Waals surface area contributed by atoms with Crippen molar-refractivity contribution in [1.82, 2.24) is 24.9 Å². The summed E-state index contributed by atoms with van der Waals surface area (Å²) >= 11 is 0. The minimum absolute atomic E-state index is 0.196. The van der Waals surface area contributed by atoms with Crippen molar-refractivity contribution in [2.45, 2.75) is 30.7 Å². The summed E-state index contributed by atoms with van der Waals surface area (Å²) in [5, 5.41) is 16.6. The van der Waals surface area contributed by atoms with Crippen LogP contribution in [0, 0.1) is 6.92 Å². The van der Waals surface area contributed by atoms with Crippen molar-refractivity contribution in [1.29, 1.82) is 0 Å². The number of sulfonamides is 1. The molecule has 2 aromatic carbocycles. The van der Waals surface area contributed by atoms with Gasteiger partial charge in [0.1, 0.15) is 6.04 Å². The number of hydrogen-bond acceptors (Lipinski definition) is 6. The predicted molar refractivity (Wildman–Crippen MR) is 106 cm³/mol. The lowest BCUT2D eigenvalue weighted by molar-refractivity contribution is -0.119. The van der Waals surface area contributed by atoms with Gasteiger partial charge in [0.2, 0.25) is 21.8 Å². The Hall–Kier alpha value is -3.11. The zero-order valence-corrected chi connectivity index (χ0v) is 16.6. The van der Waals surface area contributed by atoms with E-state index in [1.54, 1.807) is 48.5 Å². The van der Waals surface area contributed by atoms with E-state index in [1.807, 2.05) is 6.92 Å². The lowest BCUT2D eigenvalue weighted by Gasteiger charge is -2.23. The summed E-state index contributed by atoms with van der Waals surface area (Å²) in [5.41, 5.74) is 2.20. The van der Waals surface area contributed by atoms with Gasteiger partial charge in [0.05, 0.1) is 4.90 Å². The highest BCUT2D eigenvalue weighted by molar-refractivity contribution is 7.89. The number of tetrazole rings is 1. The molecule has 29 heavy (non-hydrogen) atoms. The van der Waals surface area contributed by atoms with E-state index in [-0.39, 0.29) is 10.8 Å². The minimum atomic E-state index is -3.75. The molecule has 0 aliphatic carbocycles. The summed E-state index contributed by atoms with van der Waals surface area (Å²) in [6, 6.07) is 12.9. The van der Waals surface area contributed by atoms with Crippen molar-refractivity contribution in [2.24, 2.45) is 0 Å². The molecule has 0 unspecified atom stereocenters. The second-order valence-corrected chi connectivity index (χ2v) is 8.78. The molecule has 1 amide bonds. The molecule has 1 fully saturated rings. The van der Waals surface area contributed by atoms with E-state index in [1.165, 1.54) is 4.31 Å². The fourth-order valence-electron chi connectivity index (χ4n) is 3.38. The van der Waals surface area contributed by atoms with Gasteiger partial charge < -0.3 is 5.32 Å². The third kappa shape index (κ3) is 3.89. The summed E-state index contributed by atoms with van der Waals surface area (Å²) in [6.45, 7) is 2.21. The summed E-state index contributed by atoms with van der Waals surface area (Å²) in [5.74, 6) is 0.0500. The van der Waals surface area contributed by atoms with Crippen LogP contribution in [0.3, 0.4) is 0 Å². The lowest BCUT2D eigenvalue weighted by atomic mass is 10.1. The average molecular weight is 412 g/mol. The molecule has 4 rings (SSSR count). The number of aromatic amines is 1. The number of anilines is 1. The van der Waals surface area contributed by atoms with E-state index in [9.17, 15) is 13.2 Å². The zero-order chi connectivity index (χ0) is 20.4. The van der Waals surface area contributed by atoms with Gasteiger partial charge in [-0.2, -0.15) is 9.52 Å². The standard InChI is InChI=1S/C19H20N6O3S/c1-13-7-9-16(10-8-13)29(27,28)25-11-3-6-17(25)19(26)20-15-5-2-4-14(12-15)18-21-23-24-22-18/h2,4-5,7-10,12,17H,3,6,11H2,1H3,(H,20,26)(H,21,22,23,24)/t17-/m1/s1. The van der Waals surface area contributed by atoms with Gasteiger partial charge in [-0.15, -0.1) is 10.2 Å². The summed E-state index contributed by atoms with van der Waals surface area (Å²) in [7, 11) is -3.75. The molecule has 10 heteroatoms. The number of rotatable bonds is 5. The highest BCUT2D eigenvalue weighted by atomic mass is 32.2. The Bertz CT molecular complexity index is 1110. The van der Waals surface area contributed by atoms with Crippen LogP contribution in [0.4, 0.5) is 5.69 Å². The normalized spacial score (nSPS) is 17.3. The van der Waals surface area contributed by atoms with E-state index in [0.29, 0.717) is 36.5 Å². The molecule has 3 aromatic rings. The zero-order valence-electron chi connectivity index (χ0n) is 15.7. The number of aromatic nitrogens is 4.